The van der Waals surface area contributed by atoms with Gasteiger partial charge in [0.1, 0.15) is 23.1 Å². The topological polar surface area (TPSA) is 83.5 Å². The van der Waals surface area contributed by atoms with Gasteiger partial charge in [0.05, 0.1) is 4.90 Å². The first-order valence-corrected chi connectivity index (χ1v) is 10.0. The van der Waals surface area contributed by atoms with Crippen LogP contribution in [0.4, 0.5) is 8.78 Å². The SMILES string of the molecule is O=C(CO)NCC1CCCc2c1ccc(S(=O)(=O)c1cccc(F)c1)c2F. The second kappa shape index (κ2) is 7.74. The summed E-state index contributed by atoms with van der Waals surface area (Å²) in [7, 11) is -4.19. The predicted molar refractivity (Wildman–Crippen MR) is 94.0 cm³/mol. The molecule has 0 fully saturated rings. The molecule has 2 aromatic carbocycles. The lowest BCUT2D eigenvalue weighted by molar-refractivity contribution is -0.123. The van der Waals surface area contributed by atoms with Crippen LogP contribution in [0, 0.1) is 11.6 Å². The minimum atomic E-state index is -4.19. The molecule has 8 heteroatoms. The maximum Gasteiger partial charge on any atom is 0.245 e. The number of rotatable bonds is 5. The van der Waals surface area contributed by atoms with E-state index in [1.807, 2.05) is 0 Å². The summed E-state index contributed by atoms with van der Waals surface area (Å²) in [6.07, 6.45) is 1.75. The zero-order valence-electron chi connectivity index (χ0n) is 14.4. The van der Waals surface area contributed by atoms with E-state index in [0.29, 0.717) is 30.4 Å². The van der Waals surface area contributed by atoms with Gasteiger partial charge in [-0.1, -0.05) is 12.1 Å². The Morgan fingerprint density at radius 2 is 2.00 bits per heavy atom. The number of amides is 1. The molecule has 144 valence electrons. The van der Waals surface area contributed by atoms with Crippen LogP contribution < -0.4 is 5.32 Å². The van der Waals surface area contributed by atoms with Gasteiger partial charge in [0.25, 0.3) is 0 Å². The molecule has 2 N–H and O–H groups in total. The van der Waals surface area contributed by atoms with Crippen molar-refractivity contribution in [1.29, 1.82) is 0 Å². The summed E-state index contributed by atoms with van der Waals surface area (Å²) in [6.45, 7) is -0.388. The van der Waals surface area contributed by atoms with E-state index in [1.165, 1.54) is 18.2 Å². The third kappa shape index (κ3) is 3.86. The first-order valence-electron chi connectivity index (χ1n) is 8.54. The Balaban J connectivity index is 1.98. The van der Waals surface area contributed by atoms with Crippen LogP contribution >= 0.6 is 0 Å². The number of fused-ring (bicyclic) bond motifs is 1. The van der Waals surface area contributed by atoms with Gasteiger partial charge in [0.2, 0.25) is 15.7 Å². The Hall–Kier alpha value is -2.32. The van der Waals surface area contributed by atoms with Crippen LogP contribution in [0.2, 0.25) is 0 Å². The number of aliphatic hydroxyl groups excluding tert-OH is 1. The highest BCUT2D eigenvalue weighted by atomic mass is 32.2. The summed E-state index contributed by atoms with van der Waals surface area (Å²) >= 11 is 0. The van der Waals surface area contributed by atoms with Crippen molar-refractivity contribution >= 4 is 15.7 Å². The Bertz CT molecular complexity index is 976. The molecule has 3 rings (SSSR count). The smallest absolute Gasteiger partial charge is 0.245 e. The number of nitrogens with one attached hydrogen (secondary N) is 1. The molecule has 0 bridgehead atoms. The van der Waals surface area contributed by atoms with Crippen molar-refractivity contribution in [3.8, 4) is 0 Å². The van der Waals surface area contributed by atoms with Crippen LogP contribution in [0.25, 0.3) is 0 Å². The van der Waals surface area contributed by atoms with Gasteiger partial charge in [0, 0.05) is 12.5 Å². The first-order chi connectivity index (χ1) is 12.8. The monoisotopic (exact) mass is 395 g/mol. The lowest BCUT2D eigenvalue weighted by Crippen LogP contribution is -2.32. The minimum absolute atomic E-state index is 0.162. The van der Waals surface area contributed by atoms with Crippen LogP contribution in [0.5, 0.6) is 0 Å². The van der Waals surface area contributed by atoms with Crippen molar-refractivity contribution in [1.82, 2.24) is 5.32 Å². The zero-order valence-corrected chi connectivity index (χ0v) is 15.2. The number of sulfone groups is 1. The molecule has 0 heterocycles. The van der Waals surface area contributed by atoms with E-state index < -0.39 is 38.9 Å². The summed E-state index contributed by atoms with van der Waals surface area (Å²) < 4.78 is 54.0. The highest BCUT2D eigenvalue weighted by Gasteiger charge is 2.29. The maximum absolute atomic E-state index is 15.1. The predicted octanol–water partition coefficient (Wildman–Crippen LogP) is 2.33. The number of hydrogen-bond donors (Lipinski definition) is 2. The largest absolute Gasteiger partial charge is 0.387 e. The molecule has 0 aliphatic heterocycles. The fourth-order valence-corrected chi connectivity index (χ4v) is 4.79. The first kappa shape index (κ1) is 19.4. The minimum Gasteiger partial charge on any atom is -0.387 e. The van der Waals surface area contributed by atoms with Crippen LogP contribution in [0.15, 0.2) is 46.2 Å². The van der Waals surface area contributed by atoms with Crippen molar-refractivity contribution < 1.29 is 27.1 Å². The van der Waals surface area contributed by atoms with Gasteiger partial charge in [-0.15, -0.1) is 0 Å². The Labute approximate surface area is 155 Å². The normalized spacial score (nSPS) is 16.6. The van der Waals surface area contributed by atoms with Crippen LogP contribution in [0.3, 0.4) is 0 Å². The molecule has 1 amide bonds. The van der Waals surface area contributed by atoms with Crippen LogP contribution in [-0.4, -0.2) is 32.6 Å². The maximum atomic E-state index is 15.1. The van der Waals surface area contributed by atoms with Crippen LogP contribution in [-0.2, 0) is 21.1 Å². The van der Waals surface area contributed by atoms with Crippen molar-refractivity contribution in [2.75, 3.05) is 13.2 Å². The van der Waals surface area contributed by atoms with Gasteiger partial charge in [-0.05, 0) is 54.7 Å². The van der Waals surface area contributed by atoms with E-state index in [1.54, 1.807) is 6.07 Å². The average molecular weight is 395 g/mol. The van der Waals surface area contributed by atoms with E-state index in [0.717, 1.165) is 12.1 Å². The van der Waals surface area contributed by atoms with Gasteiger partial charge >= 0.3 is 0 Å². The Morgan fingerprint density at radius 3 is 2.70 bits per heavy atom. The summed E-state index contributed by atoms with van der Waals surface area (Å²) in [4.78, 5) is 10.5. The van der Waals surface area contributed by atoms with Gasteiger partial charge in [0.15, 0.2) is 0 Å². The highest BCUT2D eigenvalue weighted by Crippen LogP contribution is 2.36. The standard InChI is InChI=1S/C19H19F2NO4S/c20-13-4-2-5-14(9-13)27(25,26)17-8-7-15-12(10-22-18(24)11-23)3-1-6-16(15)19(17)21/h2,4-5,7-9,12,23H,1,3,6,10-11H2,(H,22,24). The summed E-state index contributed by atoms with van der Waals surface area (Å²) in [5, 5.41) is 11.4. The Morgan fingerprint density at radius 1 is 1.22 bits per heavy atom. The third-order valence-electron chi connectivity index (χ3n) is 4.75. The molecule has 0 spiro atoms. The number of hydrogen-bond acceptors (Lipinski definition) is 4. The van der Waals surface area contributed by atoms with Crippen molar-refractivity contribution in [2.45, 2.75) is 35.0 Å². The molecule has 27 heavy (non-hydrogen) atoms. The molecule has 1 aliphatic carbocycles. The molecule has 0 radical (unpaired) electrons. The lowest BCUT2D eigenvalue weighted by Gasteiger charge is -2.27. The number of carbonyl (C=O) groups is 1. The van der Waals surface area contributed by atoms with Crippen molar-refractivity contribution in [3.63, 3.8) is 0 Å². The average Bonchev–Trinajstić information content (AvgIpc) is 2.66. The van der Waals surface area contributed by atoms with E-state index >= 15 is 4.39 Å². The molecular weight excluding hydrogens is 376 g/mol. The molecule has 1 aliphatic rings. The lowest BCUT2D eigenvalue weighted by atomic mass is 9.82. The molecule has 0 saturated carbocycles. The van der Waals surface area contributed by atoms with E-state index in [4.69, 9.17) is 5.11 Å². The van der Waals surface area contributed by atoms with Gasteiger partial charge < -0.3 is 10.4 Å². The highest BCUT2D eigenvalue weighted by molar-refractivity contribution is 7.91. The van der Waals surface area contributed by atoms with Gasteiger partial charge in [-0.3, -0.25) is 4.79 Å². The van der Waals surface area contributed by atoms with E-state index in [-0.39, 0.29) is 17.4 Å². The molecule has 2 aromatic rings. The quantitative estimate of drug-likeness (QED) is 0.814. The zero-order chi connectivity index (χ0) is 19.6. The third-order valence-corrected chi connectivity index (χ3v) is 6.52. The van der Waals surface area contributed by atoms with Gasteiger partial charge in [-0.2, -0.15) is 0 Å². The fourth-order valence-electron chi connectivity index (χ4n) is 3.41. The molecule has 5 nitrogen and oxygen atoms in total. The Kier molecular flexibility index (Phi) is 5.57. The second-order valence-corrected chi connectivity index (χ2v) is 8.38. The molecule has 0 saturated heterocycles. The van der Waals surface area contributed by atoms with Crippen molar-refractivity contribution in [3.05, 3.63) is 59.2 Å². The number of carbonyl (C=O) groups excluding carboxylic acids is 1. The van der Waals surface area contributed by atoms with Gasteiger partial charge in [-0.25, -0.2) is 17.2 Å². The summed E-state index contributed by atoms with van der Waals surface area (Å²) in [6, 6.07) is 7.22. The number of benzene rings is 2. The second-order valence-electron chi connectivity index (χ2n) is 6.46. The summed E-state index contributed by atoms with van der Waals surface area (Å²) in [5.41, 5.74) is 0.956. The van der Waals surface area contributed by atoms with E-state index in [2.05, 4.69) is 5.32 Å². The van der Waals surface area contributed by atoms with E-state index in [9.17, 15) is 17.6 Å². The fraction of sp³-hybridized carbons (Fsp3) is 0.316. The molecule has 1 atom stereocenters. The molecule has 1 unspecified atom stereocenters. The molecular formula is C19H19F2NO4S. The van der Waals surface area contributed by atoms with Crippen molar-refractivity contribution in [2.24, 2.45) is 0 Å². The number of halogens is 2. The number of aliphatic hydroxyl groups is 1. The van der Waals surface area contributed by atoms with Crippen LogP contribution in [0.1, 0.15) is 29.9 Å². The molecule has 0 aromatic heterocycles. The summed E-state index contributed by atoms with van der Waals surface area (Å²) in [5.74, 6) is -2.22.